The standard InChI is InChI=1S/C21H15N7O2S/c1-12-7-8-14-16(10-12)31-21(26-14)27-20-18(28(29)30)19(23-11-24-20)25-15-6-2-4-13-5-3-9-22-17(13)15/h2-11H,1H3,(H2,23,24,25,26,27). The van der Waals surface area contributed by atoms with Crippen LogP contribution in [0.1, 0.15) is 5.56 Å². The Morgan fingerprint density at radius 1 is 1.00 bits per heavy atom. The van der Waals surface area contributed by atoms with E-state index in [9.17, 15) is 10.1 Å². The van der Waals surface area contributed by atoms with Gasteiger partial charge >= 0.3 is 5.69 Å². The fourth-order valence-electron chi connectivity index (χ4n) is 3.25. The number of anilines is 4. The number of hydrogen-bond acceptors (Lipinski definition) is 9. The predicted octanol–water partition coefficient (Wildman–Crippen LogP) is 5.34. The van der Waals surface area contributed by atoms with Gasteiger partial charge in [-0.3, -0.25) is 15.1 Å². The van der Waals surface area contributed by atoms with Gasteiger partial charge in [0.05, 0.1) is 26.3 Å². The largest absolute Gasteiger partial charge is 0.353 e. The number of aromatic nitrogens is 4. The minimum atomic E-state index is -0.513. The first kappa shape index (κ1) is 18.8. The molecule has 2 N–H and O–H groups in total. The monoisotopic (exact) mass is 429 g/mol. The maximum Gasteiger partial charge on any atom is 0.353 e. The topological polar surface area (TPSA) is 119 Å². The molecule has 0 amide bonds. The summed E-state index contributed by atoms with van der Waals surface area (Å²) in [6.07, 6.45) is 2.94. The average Bonchev–Trinajstić information content (AvgIpc) is 3.15. The lowest BCUT2D eigenvalue weighted by molar-refractivity contribution is -0.383. The molecule has 0 unspecified atom stereocenters. The third kappa shape index (κ3) is 3.60. The molecule has 10 heteroatoms. The summed E-state index contributed by atoms with van der Waals surface area (Å²) in [7, 11) is 0. The summed E-state index contributed by atoms with van der Waals surface area (Å²) in [6.45, 7) is 2.00. The molecule has 3 heterocycles. The van der Waals surface area contributed by atoms with Crippen molar-refractivity contribution in [2.45, 2.75) is 6.92 Å². The van der Waals surface area contributed by atoms with Crippen molar-refractivity contribution in [3.8, 4) is 0 Å². The SMILES string of the molecule is Cc1ccc2nc(Nc3ncnc(Nc4cccc5cccnc45)c3[N+](=O)[O-])sc2c1. The van der Waals surface area contributed by atoms with Gasteiger partial charge in [0.2, 0.25) is 11.6 Å². The average molecular weight is 429 g/mol. The van der Waals surface area contributed by atoms with Crippen LogP contribution in [0.3, 0.4) is 0 Å². The Labute approximate surface area is 180 Å². The molecule has 0 aliphatic carbocycles. The molecule has 5 rings (SSSR count). The van der Waals surface area contributed by atoms with E-state index >= 15 is 0 Å². The van der Waals surface area contributed by atoms with E-state index in [1.54, 1.807) is 12.3 Å². The van der Waals surface area contributed by atoms with Gasteiger partial charge in [0.25, 0.3) is 0 Å². The Bertz CT molecular complexity index is 1450. The van der Waals surface area contributed by atoms with Gasteiger partial charge in [-0.05, 0) is 36.8 Å². The highest BCUT2D eigenvalue weighted by Gasteiger charge is 2.24. The molecule has 0 atom stereocenters. The second-order valence-corrected chi connectivity index (χ2v) is 7.83. The Balaban J connectivity index is 1.54. The molecule has 0 fully saturated rings. The van der Waals surface area contributed by atoms with Crippen LogP contribution >= 0.6 is 11.3 Å². The third-order valence-electron chi connectivity index (χ3n) is 4.66. The molecule has 0 bridgehead atoms. The summed E-state index contributed by atoms with van der Waals surface area (Å²) < 4.78 is 0.986. The zero-order chi connectivity index (χ0) is 21.4. The fourth-order valence-corrected chi connectivity index (χ4v) is 4.22. The number of nitrogens with zero attached hydrogens (tertiary/aromatic N) is 5. The van der Waals surface area contributed by atoms with Gasteiger partial charge in [0.15, 0.2) is 5.13 Å². The van der Waals surface area contributed by atoms with Crippen LogP contribution in [-0.2, 0) is 0 Å². The van der Waals surface area contributed by atoms with Crippen LogP contribution in [0.25, 0.3) is 21.1 Å². The molecular weight excluding hydrogens is 414 g/mol. The number of hydrogen-bond donors (Lipinski definition) is 2. The second kappa shape index (κ2) is 7.58. The normalized spacial score (nSPS) is 11.0. The van der Waals surface area contributed by atoms with Crippen molar-refractivity contribution >= 4 is 60.6 Å². The smallest absolute Gasteiger partial charge is 0.332 e. The number of thiazole rings is 1. The number of nitrogens with one attached hydrogen (secondary N) is 2. The van der Waals surface area contributed by atoms with Crippen LogP contribution in [0.4, 0.5) is 28.1 Å². The molecular formula is C21H15N7O2S. The van der Waals surface area contributed by atoms with Gasteiger partial charge in [-0.15, -0.1) is 0 Å². The maximum absolute atomic E-state index is 11.9. The van der Waals surface area contributed by atoms with Crippen molar-refractivity contribution in [2.75, 3.05) is 10.6 Å². The molecule has 9 nitrogen and oxygen atoms in total. The van der Waals surface area contributed by atoms with Crippen molar-refractivity contribution < 1.29 is 4.92 Å². The van der Waals surface area contributed by atoms with Crippen LogP contribution in [-0.4, -0.2) is 24.9 Å². The quantitative estimate of drug-likeness (QED) is 0.284. The summed E-state index contributed by atoms with van der Waals surface area (Å²) in [4.78, 5) is 28.5. The van der Waals surface area contributed by atoms with Crippen molar-refractivity contribution in [1.29, 1.82) is 0 Å². The van der Waals surface area contributed by atoms with Crippen molar-refractivity contribution in [1.82, 2.24) is 19.9 Å². The van der Waals surface area contributed by atoms with Gasteiger partial charge in [-0.1, -0.05) is 35.6 Å². The lowest BCUT2D eigenvalue weighted by atomic mass is 10.2. The number of nitro groups is 1. The molecule has 0 aliphatic rings. The van der Waals surface area contributed by atoms with E-state index < -0.39 is 4.92 Å². The van der Waals surface area contributed by atoms with E-state index in [1.165, 1.54) is 17.7 Å². The molecule has 31 heavy (non-hydrogen) atoms. The van der Waals surface area contributed by atoms with Gasteiger partial charge in [-0.2, -0.15) is 0 Å². The van der Waals surface area contributed by atoms with Gasteiger partial charge in [0.1, 0.15) is 6.33 Å². The number of rotatable bonds is 5. The highest BCUT2D eigenvalue weighted by molar-refractivity contribution is 7.22. The van der Waals surface area contributed by atoms with E-state index in [-0.39, 0.29) is 17.3 Å². The zero-order valence-electron chi connectivity index (χ0n) is 16.2. The van der Waals surface area contributed by atoms with Gasteiger partial charge in [-0.25, -0.2) is 15.0 Å². The number of para-hydroxylation sites is 1. The van der Waals surface area contributed by atoms with Gasteiger partial charge in [0, 0.05) is 11.6 Å². The van der Waals surface area contributed by atoms with E-state index in [1.807, 2.05) is 49.4 Å². The maximum atomic E-state index is 11.9. The highest BCUT2D eigenvalue weighted by Crippen LogP contribution is 2.36. The van der Waals surface area contributed by atoms with E-state index in [0.29, 0.717) is 16.3 Å². The van der Waals surface area contributed by atoms with Crippen LogP contribution in [0, 0.1) is 17.0 Å². The molecule has 2 aromatic carbocycles. The highest BCUT2D eigenvalue weighted by atomic mass is 32.1. The van der Waals surface area contributed by atoms with E-state index in [2.05, 4.69) is 30.6 Å². The van der Waals surface area contributed by atoms with E-state index in [0.717, 1.165) is 21.2 Å². The summed E-state index contributed by atoms with van der Waals surface area (Å²) in [5.74, 6) is 0.129. The van der Waals surface area contributed by atoms with Crippen LogP contribution < -0.4 is 10.6 Å². The van der Waals surface area contributed by atoms with Crippen molar-refractivity contribution in [3.63, 3.8) is 0 Å². The first-order valence-electron chi connectivity index (χ1n) is 9.33. The lowest BCUT2D eigenvalue weighted by Gasteiger charge is -2.10. The van der Waals surface area contributed by atoms with Crippen LogP contribution in [0.2, 0.25) is 0 Å². The Morgan fingerprint density at radius 2 is 1.81 bits per heavy atom. The summed E-state index contributed by atoms with van der Waals surface area (Å²) >= 11 is 1.40. The molecule has 152 valence electrons. The minimum Gasteiger partial charge on any atom is -0.332 e. The number of pyridine rings is 1. The molecule has 0 saturated heterocycles. The minimum absolute atomic E-state index is 0.0615. The molecule has 5 aromatic rings. The lowest BCUT2D eigenvalue weighted by Crippen LogP contribution is -2.05. The molecule has 3 aromatic heterocycles. The first-order valence-corrected chi connectivity index (χ1v) is 10.1. The van der Waals surface area contributed by atoms with Crippen molar-refractivity contribution in [3.05, 3.63) is 76.7 Å². The molecule has 0 aliphatic heterocycles. The third-order valence-corrected chi connectivity index (χ3v) is 5.59. The van der Waals surface area contributed by atoms with Crippen LogP contribution in [0.5, 0.6) is 0 Å². The number of aryl methyl sites for hydroxylation is 1. The number of benzene rings is 2. The molecule has 0 spiro atoms. The van der Waals surface area contributed by atoms with E-state index in [4.69, 9.17) is 0 Å². The molecule has 0 saturated carbocycles. The van der Waals surface area contributed by atoms with Crippen molar-refractivity contribution in [2.24, 2.45) is 0 Å². The van der Waals surface area contributed by atoms with Crippen LogP contribution in [0.15, 0.2) is 61.1 Å². The Morgan fingerprint density at radius 3 is 2.65 bits per heavy atom. The zero-order valence-corrected chi connectivity index (χ0v) is 17.1. The fraction of sp³-hybridized carbons (Fsp3) is 0.0476. The Kier molecular flexibility index (Phi) is 4.60. The second-order valence-electron chi connectivity index (χ2n) is 6.80. The summed E-state index contributed by atoms with van der Waals surface area (Å²) in [5.41, 5.74) is 2.96. The first-order chi connectivity index (χ1) is 15.1. The molecule has 0 radical (unpaired) electrons. The van der Waals surface area contributed by atoms with Gasteiger partial charge < -0.3 is 10.6 Å². The summed E-state index contributed by atoms with van der Waals surface area (Å²) in [5, 5.41) is 19.4. The summed E-state index contributed by atoms with van der Waals surface area (Å²) in [6, 6.07) is 15.2. The predicted molar refractivity (Wildman–Crippen MR) is 121 cm³/mol. The Hall–Kier alpha value is -4.18. The number of fused-ring (bicyclic) bond motifs is 2.